The fourth-order valence-electron chi connectivity index (χ4n) is 14.1. The first-order valence-electron chi connectivity index (χ1n) is 34.1. The van der Waals surface area contributed by atoms with Crippen molar-refractivity contribution in [3.63, 3.8) is 0 Å². The third-order valence-electron chi connectivity index (χ3n) is 18.8. The van der Waals surface area contributed by atoms with Crippen LogP contribution in [0.1, 0.15) is 0 Å². The van der Waals surface area contributed by atoms with E-state index in [0.717, 1.165) is 126 Å². The monoisotopic (exact) mass is 1400 g/mol. The molecule has 0 unspecified atom stereocenters. The molecule has 0 bridgehead atoms. The van der Waals surface area contributed by atoms with E-state index in [1.54, 1.807) is 12.1 Å². The van der Waals surface area contributed by atoms with Crippen LogP contribution in [0, 0.1) is 0 Å². The Labute approximate surface area is 604 Å². The number of nitrogens with zero attached hydrogens (tertiary/aromatic N) is 12. The van der Waals surface area contributed by atoms with Crippen LogP contribution in [0.25, 0.3) is 167 Å². The van der Waals surface area contributed by atoms with Crippen LogP contribution in [0.15, 0.2) is 344 Å². The molecule has 492 valence electrons. The Hall–Kier alpha value is -13.4. The van der Waals surface area contributed by atoms with Crippen LogP contribution in [-0.4, -0.2) is 75.3 Å². The summed E-state index contributed by atoms with van der Waals surface area (Å²) >= 11 is 3.55. The van der Waals surface area contributed by atoms with Crippen LogP contribution in [0.2, 0.25) is 0 Å². The second-order valence-electron chi connectivity index (χ2n) is 25.1. The van der Waals surface area contributed by atoms with Gasteiger partial charge in [-0.05, 0) is 126 Å². The quantitative estimate of drug-likeness (QED) is 0.126. The maximum atomic E-state index is 9.72. The fraction of sp³-hybridized carbons (Fsp3) is 0. The smallest absolute Gasteiger partial charge is 0.423 e. The Morgan fingerprint density at radius 3 is 1.00 bits per heavy atom. The average molecular weight is 1410 g/mol. The van der Waals surface area contributed by atoms with E-state index in [-0.39, 0.29) is 0 Å². The molecule has 0 radical (unpaired) electrons. The van der Waals surface area contributed by atoms with Crippen molar-refractivity contribution in [2.45, 2.75) is 0 Å². The zero-order valence-electron chi connectivity index (χ0n) is 55.5. The van der Waals surface area contributed by atoms with Crippen LogP contribution < -0.4 is 5.46 Å². The molecule has 8 heterocycles. The standard InChI is InChI=1S/C44H28N6.C27H19BN4O2.C17H11BrN2/c1-4-13-29(14-5-1)42-46-43(30-15-6-2-7-16-30)48-44(47-42)50-37-20-11-10-19-34(37)35-27-31(22-24-38(35)50)32-23-25-39-36(28-32)41-40(21-12-26-45-41)49(39)33-17-8-3-9-18-33;33-28(34)20-15-16-24-22(17-20)21-13-7-8-14-23(21)32(24)27-30-25(18-9-3-1-4-10-18)29-26(31-27)19-11-5-2-6-12-19;18-12-8-9-15-14(11-12)17-16(7-4-10-19-17)20(15)13-5-2-1-3-6-13/h1-28H;1-17,33-34H;1-11H. The van der Waals surface area contributed by atoms with Crippen molar-refractivity contribution in [2.24, 2.45) is 0 Å². The Morgan fingerprint density at radius 2 is 0.577 bits per heavy atom. The SMILES string of the molecule is Brc1ccc2c(c1)c1ncccc1n2-c1ccccc1.OB(O)c1ccc2c(c1)c1ccccc1n2-c1nc(-c2ccccc2)nc(-c2ccccc2)n1.c1ccc(-c2nc(-c3ccccc3)nc(-n3c4ccccc4c4cc(-c5ccc6c(c5)c5ncccc5n6-c5ccccc5)ccc43)n2)cc1. The molecule has 0 spiro atoms. The van der Waals surface area contributed by atoms with Crippen LogP contribution in [0.4, 0.5) is 0 Å². The van der Waals surface area contributed by atoms with Gasteiger partial charge in [0, 0.05) is 82.8 Å². The summed E-state index contributed by atoms with van der Waals surface area (Å²) in [5.74, 6) is 3.51. The molecule has 2 N–H and O–H groups in total. The molecule has 0 aliphatic carbocycles. The highest BCUT2D eigenvalue weighted by atomic mass is 79.9. The van der Waals surface area contributed by atoms with Crippen LogP contribution in [0.3, 0.4) is 0 Å². The van der Waals surface area contributed by atoms with Gasteiger partial charge in [0.1, 0.15) is 0 Å². The molecule has 14 nitrogen and oxygen atoms in total. The summed E-state index contributed by atoms with van der Waals surface area (Å²) in [6.45, 7) is 0. The molecule has 0 fully saturated rings. The summed E-state index contributed by atoms with van der Waals surface area (Å²) in [6.07, 6.45) is 3.72. The molecule has 12 aromatic carbocycles. The summed E-state index contributed by atoms with van der Waals surface area (Å²) in [5.41, 5.74) is 19.0. The molecule has 16 heteroatoms. The second-order valence-corrected chi connectivity index (χ2v) is 26.0. The molecular weight excluding hydrogens is 1350 g/mol. The summed E-state index contributed by atoms with van der Waals surface area (Å²) in [5, 5.41) is 25.9. The number of hydrogen-bond acceptors (Lipinski definition) is 10. The van der Waals surface area contributed by atoms with Crippen molar-refractivity contribution in [2.75, 3.05) is 0 Å². The molecule has 0 atom stereocenters. The van der Waals surface area contributed by atoms with Crippen molar-refractivity contribution in [1.82, 2.24) is 58.1 Å². The third kappa shape index (κ3) is 11.6. The topological polar surface area (TPSA) is 163 Å². The summed E-state index contributed by atoms with van der Waals surface area (Å²) in [6, 6.07) is 111. The molecule has 0 saturated carbocycles. The van der Waals surface area contributed by atoms with Crippen molar-refractivity contribution in [3.05, 3.63) is 344 Å². The lowest BCUT2D eigenvalue weighted by Gasteiger charge is -2.11. The Kier molecular flexibility index (Phi) is 16.3. The van der Waals surface area contributed by atoms with Gasteiger partial charge in [0.25, 0.3) is 0 Å². The zero-order valence-corrected chi connectivity index (χ0v) is 57.1. The molecule has 0 amide bonds. The van der Waals surface area contributed by atoms with E-state index in [1.165, 1.54) is 10.9 Å². The van der Waals surface area contributed by atoms with Gasteiger partial charge in [-0.2, -0.15) is 19.9 Å². The number of pyridine rings is 2. The first-order chi connectivity index (χ1) is 51.3. The van der Waals surface area contributed by atoms with Crippen LogP contribution in [0.5, 0.6) is 0 Å². The summed E-state index contributed by atoms with van der Waals surface area (Å²) in [4.78, 5) is 39.0. The highest BCUT2D eigenvalue weighted by molar-refractivity contribution is 9.10. The number of fused-ring (bicyclic) bond motifs is 12. The summed E-state index contributed by atoms with van der Waals surface area (Å²) < 4.78 is 9.78. The molecule has 0 aliphatic rings. The van der Waals surface area contributed by atoms with Gasteiger partial charge in [0.15, 0.2) is 23.3 Å². The van der Waals surface area contributed by atoms with Crippen LogP contribution in [-0.2, 0) is 0 Å². The molecule has 0 aliphatic heterocycles. The highest BCUT2D eigenvalue weighted by Crippen LogP contribution is 2.40. The van der Waals surface area contributed by atoms with Gasteiger partial charge in [0.2, 0.25) is 11.9 Å². The number of halogens is 1. The van der Waals surface area contributed by atoms with Crippen molar-refractivity contribution >= 4 is 116 Å². The minimum atomic E-state index is -1.54. The van der Waals surface area contributed by atoms with Gasteiger partial charge in [-0.1, -0.05) is 234 Å². The highest BCUT2D eigenvalue weighted by Gasteiger charge is 2.23. The van der Waals surface area contributed by atoms with Gasteiger partial charge in [0.05, 0.1) is 55.2 Å². The predicted octanol–water partition coefficient (Wildman–Crippen LogP) is 19.4. The predicted molar refractivity (Wildman–Crippen MR) is 424 cm³/mol. The lowest BCUT2D eigenvalue weighted by molar-refractivity contribution is 0.426. The van der Waals surface area contributed by atoms with Gasteiger partial charge in [-0.3, -0.25) is 19.1 Å². The van der Waals surface area contributed by atoms with E-state index < -0.39 is 7.12 Å². The first kappa shape index (κ1) is 62.8. The Morgan fingerprint density at radius 1 is 0.250 bits per heavy atom. The lowest BCUT2D eigenvalue weighted by Crippen LogP contribution is -2.29. The van der Waals surface area contributed by atoms with Crippen LogP contribution >= 0.6 is 15.9 Å². The normalized spacial score (nSPS) is 11.4. The van der Waals surface area contributed by atoms with Gasteiger partial charge < -0.3 is 19.2 Å². The molecular formula is C88H58BBrN12O2. The lowest BCUT2D eigenvalue weighted by atomic mass is 9.80. The number of rotatable bonds is 10. The van der Waals surface area contributed by atoms with Gasteiger partial charge in [-0.25, -0.2) is 9.97 Å². The van der Waals surface area contributed by atoms with E-state index in [2.05, 4.69) is 174 Å². The van der Waals surface area contributed by atoms with E-state index in [1.807, 2.05) is 193 Å². The zero-order chi connectivity index (χ0) is 69.6. The number of para-hydroxylation sites is 4. The third-order valence-corrected chi connectivity index (χ3v) is 19.3. The van der Waals surface area contributed by atoms with Crippen molar-refractivity contribution < 1.29 is 10.0 Å². The Balaban J connectivity index is 0.000000122. The molecule has 0 saturated heterocycles. The van der Waals surface area contributed by atoms with Gasteiger partial charge in [-0.15, -0.1) is 0 Å². The minimum Gasteiger partial charge on any atom is -0.423 e. The van der Waals surface area contributed by atoms with E-state index >= 15 is 0 Å². The molecule has 20 aromatic rings. The number of hydrogen-bond donors (Lipinski definition) is 2. The van der Waals surface area contributed by atoms with E-state index in [9.17, 15) is 10.0 Å². The molecule has 20 rings (SSSR count). The van der Waals surface area contributed by atoms with E-state index in [0.29, 0.717) is 40.7 Å². The Bertz CT molecular complexity index is 6480. The maximum absolute atomic E-state index is 9.72. The van der Waals surface area contributed by atoms with Gasteiger partial charge >= 0.3 is 7.12 Å². The van der Waals surface area contributed by atoms with Crippen molar-refractivity contribution in [3.8, 4) is 79.9 Å². The molecule has 104 heavy (non-hydrogen) atoms. The second kappa shape index (κ2) is 26.9. The first-order valence-corrected chi connectivity index (χ1v) is 34.8. The number of aromatic nitrogens is 12. The molecule has 8 aromatic heterocycles. The fourth-order valence-corrected chi connectivity index (χ4v) is 14.4. The minimum absolute atomic E-state index is 0.431. The number of benzene rings is 12. The summed E-state index contributed by atoms with van der Waals surface area (Å²) in [7, 11) is -1.54. The average Bonchev–Trinajstić information content (AvgIpc) is 1.60. The largest absolute Gasteiger partial charge is 0.488 e. The van der Waals surface area contributed by atoms with E-state index in [4.69, 9.17) is 34.9 Å². The van der Waals surface area contributed by atoms with Crippen molar-refractivity contribution in [1.29, 1.82) is 0 Å². The maximum Gasteiger partial charge on any atom is 0.488 e.